The van der Waals surface area contributed by atoms with E-state index in [4.69, 9.17) is 4.99 Å². The molecule has 1 unspecified atom stereocenters. The number of rotatable bonds is 8. The number of ketones is 1. The maximum atomic E-state index is 14.1. The van der Waals surface area contributed by atoms with E-state index in [9.17, 15) is 19.2 Å². The SMILES string of the molecule is Cc1ccc(C(=O)CN2C(=O)C(NC(=O)Nc3cccc(N(C)C=O)c3)N=C(c3ccccc3)c3ccccc32)cc1. The first-order valence-corrected chi connectivity index (χ1v) is 13.3. The van der Waals surface area contributed by atoms with E-state index in [2.05, 4.69) is 10.6 Å². The number of aryl methyl sites for hydroxylation is 1. The van der Waals surface area contributed by atoms with Gasteiger partial charge in [-0.05, 0) is 31.2 Å². The van der Waals surface area contributed by atoms with E-state index in [1.54, 1.807) is 55.6 Å². The van der Waals surface area contributed by atoms with Crippen molar-refractivity contribution in [1.29, 1.82) is 0 Å². The summed E-state index contributed by atoms with van der Waals surface area (Å²) >= 11 is 0. The number of carbonyl (C=O) groups excluding carboxylic acids is 4. The van der Waals surface area contributed by atoms with Crippen LogP contribution in [0.5, 0.6) is 0 Å². The predicted molar refractivity (Wildman–Crippen MR) is 163 cm³/mol. The number of nitrogens with one attached hydrogen (secondary N) is 2. The van der Waals surface area contributed by atoms with Gasteiger partial charge >= 0.3 is 6.03 Å². The van der Waals surface area contributed by atoms with E-state index in [1.165, 1.54) is 9.80 Å². The lowest BCUT2D eigenvalue weighted by Gasteiger charge is -2.25. The van der Waals surface area contributed by atoms with Gasteiger partial charge in [-0.25, -0.2) is 9.79 Å². The Morgan fingerprint density at radius 1 is 0.929 bits per heavy atom. The molecule has 0 bridgehead atoms. The highest BCUT2D eigenvalue weighted by Gasteiger charge is 2.34. The number of fused-ring (bicyclic) bond motifs is 1. The van der Waals surface area contributed by atoms with Gasteiger partial charge in [-0.1, -0.05) is 84.4 Å². The number of urea groups is 1. The largest absolute Gasteiger partial charge is 0.321 e. The van der Waals surface area contributed by atoms with Crippen LogP contribution in [0.1, 0.15) is 27.0 Å². The van der Waals surface area contributed by atoms with Gasteiger partial charge in [-0.15, -0.1) is 0 Å². The van der Waals surface area contributed by atoms with Gasteiger partial charge in [0.25, 0.3) is 5.91 Å². The molecule has 4 aromatic carbocycles. The quantitative estimate of drug-likeness (QED) is 0.239. The third-order valence-corrected chi connectivity index (χ3v) is 6.87. The molecule has 0 aliphatic carbocycles. The van der Waals surface area contributed by atoms with Gasteiger partial charge in [0.1, 0.15) is 0 Å². The predicted octanol–water partition coefficient (Wildman–Crippen LogP) is 4.80. The number of hydrogen-bond donors (Lipinski definition) is 2. The van der Waals surface area contributed by atoms with E-state index < -0.39 is 18.1 Å². The molecule has 1 atom stereocenters. The van der Waals surface area contributed by atoms with E-state index in [1.807, 2.05) is 61.5 Å². The lowest BCUT2D eigenvalue weighted by Crippen LogP contribution is -2.49. The Balaban J connectivity index is 1.50. The average molecular weight is 560 g/mol. The van der Waals surface area contributed by atoms with Gasteiger partial charge < -0.3 is 20.4 Å². The number of Topliss-reactive ketones (excluding diaryl/α,β-unsaturated/α-hetero) is 1. The van der Waals surface area contributed by atoms with Crippen LogP contribution in [0.2, 0.25) is 0 Å². The van der Waals surface area contributed by atoms with Gasteiger partial charge in [0.05, 0.1) is 17.9 Å². The molecule has 42 heavy (non-hydrogen) atoms. The second-order valence-corrected chi connectivity index (χ2v) is 9.84. The molecule has 4 aromatic rings. The van der Waals surface area contributed by atoms with Crippen LogP contribution < -0.4 is 20.4 Å². The van der Waals surface area contributed by atoms with Gasteiger partial charge in [-0.3, -0.25) is 14.4 Å². The van der Waals surface area contributed by atoms with Crippen molar-refractivity contribution in [3.05, 3.63) is 125 Å². The highest BCUT2D eigenvalue weighted by molar-refractivity contribution is 6.21. The van der Waals surface area contributed by atoms with E-state index >= 15 is 0 Å². The highest BCUT2D eigenvalue weighted by Crippen LogP contribution is 2.29. The maximum Gasteiger partial charge on any atom is 0.321 e. The van der Waals surface area contributed by atoms with Crippen molar-refractivity contribution in [1.82, 2.24) is 5.32 Å². The number of benzene rings is 4. The summed E-state index contributed by atoms with van der Waals surface area (Å²) in [6.07, 6.45) is -0.674. The molecule has 0 fully saturated rings. The van der Waals surface area contributed by atoms with Gasteiger partial charge in [0.15, 0.2) is 5.78 Å². The molecular weight excluding hydrogens is 530 g/mol. The Hall–Kier alpha value is -5.57. The van der Waals surface area contributed by atoms with Crippen LogP contribution in [-0.2, 0) is 9.59 Å². The fourth-order valence-corrected chi connectivity index (χ4v) is 4.64. The number of aliphatic imine (C=N–C) groups is 1. The summed E-state index contributed by atoms with van der Waals surface area (Å²) in [6.45, 7) is 1.69. The third kappa shape index (κ3) is 6.10. The summed E-state index contributed by atoms with van der Waals surface area (Å²) in [5.74, 6) is -0.806. The molecule has 1 aliphatic rings. The maximum absolute atomic E-state index is 14.1. The first-order valence-electron chi connectivity index (χ1n) is 13.3. The number of hydrogen-bond acceptors (Lipinski definition) is 5. The minimum Gasteiger partial charge on any atom is -0.318 e. The van der Waals surface area contributed by atoms with Crippen LogP contribution in [0, 0.1) is 6.92 Å². The number of para-hydroxylation sites is 1. The number of carbonyl (C=O) groups is 4. The lowest BCUT2D eigenvalue weighted by molar-refractivity contribution is -0.120. The molecule has 0 spiro atoms. The molecule has 9 nitrogen and oxygen atoms in total. The summed E-state index contributed by atoms with van der Waals surface area (Å²) in [7, 11) is 1.60. The van der Waals surface area contributed by atoms with Crippen molar-refractivity contribution in [3.8, 4) is 0 Å². The molecule has 4 amide bonds. The fourth-order valence-electron chi connectivity index (χ4n) is 4.64. The zero-order valence-corrected chi connectivity index (χ0v) is 23.2. The van der Waals surface area contributed by atoms with Crippen molar-refractivity contribution >= 4 is 46.9 Å². The third-order valence-electron chi connectivity index (χ3n) is 6.87. The zero-order valence-electron chi connectivity index (χ0n) is 23.2. The normalized spacial score (nSPS) is 14.2. The van der Waals surface area contributed by atoms with E-state index in [0.717, 1.165) is 11.1 Å². The second kappa shape index (κ2) is 12.3. The smallest absolute Gasteiger partial charge is 0.318 e. The summed E-state index contributed by atoms with van der Waals surface area (Å²) in [5, 5.41) is 5.39. The second-order valence-electron chi connectivity index (χ2n) is 9.84. The van der Waals surface area contributed by atoms with Crippen molar-refractivity contribution in [2.45, 2.75) is 13.1 Å². The molecule has 9 heteroatoms. The first kappa shape index (κ1) is 28.0. The molecule has 5 rings (SSSR count). The van der Waals surface area contributed by atoms with Gasteiger partial charge in [-0.2, -0.15) is 0 Å². The molecule has 1 heterocycles. The van der Waals surface area contributed by atoms with Crippen molar-refractivity contribution in [2.75, 3.05) is 28.7 Å². The monoisotopic (exact) mass is 559 g/mol. The molecule has 0 saturated heterocycles. The van der Waals surface area contributed by atoms with Gasteiger partial charge in [0.2, 0.25) is 12.6 Å². The highest BCUT2D eigenvalue weighted by atomic mass is 16.2. The van der Waals surface area contributed by atoms with Crippen LogP contribution in [0.3, 0.4) is 0 Å². The Labute approximate surface area is 243 Å². The van der Waals surface area contributed by atoms with Crippen LogP contribution in [0.25, 0.3) is 0 Å². The van der Waals surface area contributed by atoms with Crippen molar-refractivity contribution in [3.63, 3.8) is 0 Å². The lowest BCUT2D eigenvalue weighted by atomic mass is 10.00. The van der Waals surface area contributed by atoms with Crippen molar-refractivity contribution in [2.24, 2.45) is 4.99 Å². The van der Waals surface area contributed by atoms with Crippen LogP contribution in [0.4, 0.5) is 21.9 Å². The van der Waals surface area contributed by atoms with E-state index in [-0.39, 0.29) is 12.3 Å². The summed E-state index contributed by atoms with van der Waals surface area (Å²) < 4.78 is 0. The first-order chi connectivity index (χ1) is 20.3. The molecular formula is C33H29N5O4. The number of anilines is 3. The van der Waals surface area contributed by atoms with Gasteiger partial charge in [0, 0.05) is 35.1 Å². The Morgan fingerprint density at radius 3 is 2.38 bits per heavy atom. The molecule has 0 aromatic heterocycles. The summed E-state index contributed by atoms with van der Waals surface area (Å²) in [6, 6.07) is 29.8. The Bertz CT molecular complexity index is 1670. The summed E-state index contributed by atoms with van der Waals surface area (Å²) in [4.78, 5) is 59.2. The van der Waals surface area contributed by atoms with Crippen LogP contribution in [0.15, 0.2) is 108 Å². The fraction of sp³-hybridized carbons (Fsp3) is 0.121. The average Bonchev–Trinajstić information content (AvgIpc) is 3.12. The minimum absolute atomic E-state index is 0.240. The number of benzodiazepines with no additional fused rings is 1. The Kier molecular flexibility index (Phi) is 8.19. The van der Waals surface area contributed by atoms with Crippen molar-refractivity contribution < 1.29 is 19.2 Å². The zero-order chi connectivity index (χ0) is 29.6. The molecule has 2 N–H and O–H groups in total. The number of amides is 4. The minimum atomic E-state index is -1.33. The molecule has 210 valence electrons. The molecule has 0 saturated carbocycles. The summed E-state index contributed by atoms with van der Waals surface area (Å²) in [5.41, 5.74) is 4.91. The standard InChI is InChI=1S/C33H29N5O4/c1-22-15-17-23(18-16-22)29(40)20-38-28-14-7-6-13-27(28)30(24-9-4-3-5-10-24)35-31(32(38)41)36-33(42)34-25-11-8-12-26(19-25)37(2)21-39/h3-19,21,31H,20H2,1-2H3,(H2,34,36,42). The van der Waals surface area contributed by atoms with E-state index in [0.29, 0.717) is 40.3 Å². The number of nitrogens with zero attached hydrogens (tertiary/aromatic N) is 3. The molecule has 0 radical (unpaired) electrons. The Morgan fingerprint density at radius 2 is 1.64 bits per heavy atom. The van der Waals surface area contributed by atoms with Crippen LogP contribution >= 0.6 is 0 Å². The van der Waals surface area contributed by atoms with Crippen LogP contribution in [-0.4, -0.2) is 49.6 Å². The topological polar surface area (TPSA) is 111 Å². The molecule has 1 aliphatic heterocycles.